The Morgan fingerprint density at radius 1 is 1.77 bits per heavy atom. The first-order valence-electron chi connectivity index (χ1n) is 4.11. The third-order valence-corrected chi connectivity index (χ3v) is 2.73. The van der Waals surface area contributed by atoms with Crippen molar-refractivity contribution in [2.24, 2.45) is 5.92 Å². The fourth-order valence-corrected chi connectivity index (χ4v) is 1.82. The van der Waals surface area contributed by atoms with Crippen molar-refractivity contribution in [1.82, 2.24) is 9.78 Å². The Kier molecular flexibility index (Phi) is 2.27. The molecule has 0 radical (unpaired) electrons. The van der Waals surface area contributed by atoms with Gasteiger partial charge in [-0.05, 0) is 41.4 Å². The van der Waals surface area contributed by atoms with E-state index in [-0.39, 0.29) is 5.92 Å². The van der Waals surface area contributed by atoms with E-state index in [1.165, 1.54) is 0 Å². The largest absolute Gasteiger partial charge is 0.480 e. The summed E-state index contributed by atoms with van der Waals surface area (Å²) >= 11 is 2.12. The molecule has 1 aliphatic carbocycles. The molecule has 1 N–H and O–H groups in total. The topological polar surface area (TPSA) is 55.1 Å². The standard InChI is InChI=1S/C8H9IN2O2/c9-6-3-10-11(4-6)7(8(12)13)5-1-2-5/h3-5,7H,1-2H2,(H,12,13). The molecule has 0 amide bonds. The Hall–Kier alpha value is -0.590. The quantitative estimate of drug-likeness (QED) is 0.859. The Morgan fingerprint density at radius 3 is 2.85 bits per heavy atom. The van der Waals surface area contributed by atoms with Crippen molar-refractivity contribution in [2.45, 2.75) is 18.9 Å². The van der Waals surface area contributed by atoms with Crippen LogP contribution in [0.15, 0.2) is 12.4 Å². The number of carbonyl (C=O) groups is 1. The number of aromatic nitrogens is 2. The molecule has 5 heteroatoms. The summed E-state index contributed by atoms with van der Waals surface area (Å²) < 4.78 is 2.53. The number of nitrogens with zero attached hydrogens (tertiary/aromatic N) is 2. The third-order valence-electron chi connectivity index (χ3n) is 2.18. The lowest BCUT2D eigenvalue weighted by molar-refractivity contribution is -0.141. The van der Waals surface area contributed by atoms with E-state index in [1.54, 1.807) is 17.1 Å². The Bertz CT molecular complexity index is 333. The van der Waals surface area contributed by atoms with Crippen molar-refractivity contribution in [3.63, 3.8) is 0 Å². The zero-order valence-electron chi connectivity index (χ0n) is 6.85. The van der Waals surface area contributed by atoms with Gasteiger partial charge in [0, 0.05) is 6.20 Å². The number of aliphatic carboxylic acids is 1. The third kappa shape index (κ3) is 1.84. The summed E-state index contributed by atoms with van der Waals surface area (Å²) in [5, 5.41) is 13.0. The van der Waals surface area contributed by atoms with Crippen molar-refractivity contribution >= 4 is 28.6 Å². The van der Waals surface area contributed by atoms with Crippen LogP contribution in [0, 0.1) is 9.49 Å². The summed E-state index contributed by atoms with van der Waals surface area (Å²) in [6.45, 7) is 0. The highest BCUT2D eigenvalue weighted by Crippen LogP contribution is 2.39. The van der Waals surface area contributed by atoms with Gasteiger partial charge in [0.15, 0.2) is 6.04 Å². The first kappa shape index (κ1) is 8.98. The summed E-state index contributed by atoms with van der Waals surface area (Å²) in [6, 6.07) is -0.455. The van der Waals surface area contributed by atoms with E-state index in [0.717, 1.165) is 16.4 Å². The van der Waals surface area contributed by atoms with Crippen LogP contribution in [-0.4, -0.2) is 20.9 Å². The fraction of sp³-hybridized carbons (Fsp3) is 0.500. The molecule has 2 rings (SSSR count). The van der Waals surface area contributed by atoms with Crippen molar-refractivity contribution < 1.29 is 9.90 Å². The van der Waals surface area contributed by atoms with Gasteiger partial charge in [0.2, 0.25) is 0 Å². The second-order valence-electron chi connectivity index (χ2n) is 3.26. The summed E-state index contributed by atoms with van der Waals surface area (Å²) in [4.78, 5) is 10.9. The molecule has 1 heterocycles. The minimum atomic E-state index is -0.776. The van der Waals surface area contributed by atoms with Crippen LogP contribution in [0.1, 0.15) is 18.9 Å². The smallest absolute Gasteiger partial charge is 0.328 e. The van der Waals surface area contributed by atoms with Crippen LogP contribution < -0.4 is 0 Å². The monoisotopic (exact) mass is 292 g/mol. The van der Waals surface area contributed by atoms with Gasteiger partial charge in [0.05, 0.1) is 9.77 Å². The molecule has 4 nitrogen and oxygen atoms in total. The highest BCUT2D eigenvalue weighted by atomic mass is 127. The van der Waals surface area contributed by atoms with Crippen LogP contribution in [0.5, 0.6) is 0 Å². The molecule has 1 fully saturated rings. The summed E-state index contributed by atoms with van der Waals surface area (Å²) in [6.07, 6.45) is 5.47. The van der Waals surface area contributed by atoms with Gasteiger partial charge in [-0.15, -0.1) is 0 Å². The zero-order chi connectivity index (χ0) is 9.42. The molecule has 0 aliphatic heterocycles. The Balaban J connectivity index is 2.24. The van der Waals surface area contributed by atoms with E-state index in [2.05, 4.69) is 27.7 Å². The summed E-state index contributed by atoms with van der Waals surface area (Å²) in [5.41, 5.74) is 0. The molecular weight excluding hydrogens is 283 g/mol. The Labute approximate surface area is 89.1 Å². The summed E-state index contributed by atoms with van der Waals surface area (Å²) in [7, 11) is 0. The van der Waals surface area contributed by atoms with E-state index in [1.807, 2.05) is 0 Å². The normalized spacial score (nSPS) is 18.5. The molecule has 0 bridgehead atoms. The van der Waals surface area contributed by atoms with Crippen molar-refractivity contribution in [3.8, 4) is 0 Å². The minimum Gasteiger partial charge on any atom is -0.480 e. The van der Waals surface area contributed by atoms with Crippen LogP contribution in [0.3, 0.4) is 0 Å². The molecule has 1 aliphatic rings. The molecule has 1 aromatic rings. The molecule has 0 spiro atoms. The lowest BCUT2D eigenvalue weighted by atomic mass is 10.2. The molecule has 1 unspecified atom stereocenters. The maximum absolute atomic E-state index is 10.9. The first-order valence-corrected chi connectivity index (χ1v) is 5.19. The van der Waals surface area contributed by atoms with Crippen molar-refractivity contribution in [1.29, 1.82) is 0 Å². The number of halogens is 1. The predicted molar refractivity (Wildman–Crippen MR) is 54.3 cm³/mol. The van der Waals surface area contributed by atoms with Crippen molar-refractivity contribution in [2.75, 3.05) is 0 Å². The van der Waals surface area contributed by atoms with E-state index >= 15 is 0 Å². The molecule has 70 valence electrons. The highest BCUT2D eigenvalue weighted by Gasteiger charge is 2.38. The van der Waals surface area contributed by atoms with Gasteiger partial charge in [-0.1, -0.05) is 0 Å². The lowest BCUT2D eigenvalue weighted by Gasteiger charge is -2.10. The van der Waals surface area contributed by atoms with Crippen LogP contribution in [-0.2, 0) is 4.79 Å². The van der Waals surface area contributed by atoms with Crippen LogP contribution in [0.4, 0.5) is 0 Å². The zero-order valence-corrected chi connectivity index (χ0v) is 9.01. The number of hydrogen-bond donors (Lipinski definition) is 1. The lowest BCUT2D eigenvalue weighted by Crippen LogP contribution is -2.21. The van der Waals surface area contributed by atoms with E-state index in [0.29, 0.717) is 0 Å². The predicted octanol–water partition coefficient (Wildman–Crippen LogP) is 1.52. The average molecular weight is 292 g/mol. The second kappa shape index (κ2) is 3.28. The fourth-order valence-electron chi connectivity index (χ4n) is 1.41. The second-order valence-corrected chi connectivity index (χ2v) is 4.50. The van der Waals surface area contributed by atoms with Gasteiger partial charge in [-0.25, -0.2) is 4.79 Å². The number of carboxylic acids is 1. The van der Waals surface area contributed by atoms with Crippen LogP contribution >= 0.6 is 22.6 Å². The number of hydrogen-bond acceptors (Lipinski definition) is 2. The molecule has 0 saturated heterocycles. The molecule has 1 aromatic heterocycles. The van der Waals surface area contributed by atoms with E-state index < -0.39 is 12.0 Å². The molecule has 1 saturated carbocycles. The maximum Gasteiger partial charge on any atom is 0.328 e. The molecular formula is C8H9IN2O2. The maximum atomic E-state index is 10.9. The first-order chi connectivity index (χ1) is 6.18. The SMILES string of the molecule is O=C(O)C(C1CC1)n1cc(I)cn1. The van der Waals surface area contributed by atoms with Crippen LogP contribution in [0.2, 0.25) is 0 Å². The van der Waals surface area contributed by atoms with Crippen LogP contribution in [0.25, 0.3) is 0 Å². The van der Waals surface area contributed by atoms with Gasteiger partial charge in [-0.2, -0.15) is 5.10 Å². The van der Waals surface area contributed by atoms with Gasteiger partial charge < -0.3 is 5.11 Å². The minimum absolute atomic E-state index is 0.285. The molecule has 0 aromatic carbocycles. The number of rotatable bonds is 3. The number of carboxylic acid groups (broad SMARTS) is 1. The molecule has 13 heavy (non-hydrogen) atoms. The van der Waals surface area contributed by atoms with Gasteiger partial charge >= 0.3 is 5.97 Å². The van der Waals surface area contributed by atoms with Gasteiger partial charge in [-0.3, -0.25) is 4.68 Å². The van der Waals surface area contributed by atoms with E-state index in [4.69, 9.17) is 5.11 Å². The van der Waals surface area contributed by atoms with Gasteiger partial charge in [0.1, 0.15) is 0 Å². The van der Waals surface area contributed by atoms with Crippen molar-refractivity contribution in [3.05, 3.63) is 16.0 Å². The van der Waals surface area contributed by atoms with E-state index in [9.17, 15) is 4.79 Å². The average Bonchev–Trinajstić information content (AvgIpc) is 2.76. The Morgan fingerprint density at radius 2 is 2.46 bits per heavy atom. The highest BCUT2D eigenvalue weighted by molar-refractivity contribution is 14.1. The van der Waals surface area contributed by atoms with Gasteiger partial charge in [0.25, 0.3) is 0 Å². The molecule has 1 atom stereocenters. The summed E-state index contributed by atoms with van der Waals surface area (Å²) in [5.74, 6) is -0.491.